The van der Waals surface area contributed by atoms with Gasteiger partial charge in [-0.25, -0.2) is 4.79 Å². The molecule has 0 aromatic heterocycles. The summed E-state index contributed by atoms with van der Waals surface area (Å²) in [5, 5.41) is 8.55. The van der Waals surface area contributed by atoms with Gasteiger partial charge in [0.15, 0.2) is 0 Å². The highest BCUT2D eigenvalue weighted by molar-refractivity contribution is 7.99. The molecule has 0 saturated carbocycles. The van der Waals surface area contributed by atoms with E-state index >= 15 is 0 Å². The number of carbonyl (C=O) groups excluding carboxylic acids is 2. The van der Waals surface area contributed by atoms with Gasteiger partial charge in [0.2, 0.25) is 5.91 Å². The van der Waals surface area contributed by atoms with Gasteiger partial charge in [0.1, 0.15) is 0 Å². The van der Waals surface area contributed by atoms with Crippen molar-refractivity contribution in [2.24, 2.45) is 0 Å². The number of carbonyl (C=O) groups is 2. The van der Waals surface area contributed by atoms with Crippen LogP contribution in [0.5, 0.6) is 0 Å². The lowest BCUT2D eigenvalue weighted by molar-refractivity contribution is -0.114. The Morgan fingerprint density at radius 2 is 1.85 bits per heavy atom. The summed E-state index contributed by atoms with van der Waals surface area (Å²) in [6, 6.07) is 13.5. The molecule has 0 fully saturated rings. The monoisotopic (exact) mass is 385 g/mol. The minimum absolute atomic E-state index is 0.119. The van der Waals surface area contributed by atoms with Crippen LogP contribution in [0.1, 0.15) is 36.6 Å². The molecule has 5 nitrogen and oxygen atoms in total. The van der Waals surface area contributed by atoms with Crippen molar-refractivity contribution in [1.29, 1.82) is 0 Å². The van der Waals surface area contributed by atoms with Crippen molar-refractivity contribution >= 4 is 29.4 Å². The summed E-state index contributed by atoms with van der Waals surface area (Å²) in [6.07, 6.45) is 0. The Morgan fingerprint density at radius 1 is 1.07 bits per heavy atom. The van der Waals surface area contributed by atoms with Crippen molar-refractivity contribution in [3.8, 4) is 0 Å². The number of benzene rings is 2. The van der Waals surface area contributed by atoms with Crippen molar-refractivity contribution < 1.29 is 9.59 Å². The van der Waals surface area contributed by atoms with Crippen LogP contribution in [-0.4, -0.2) is 24.2 Å². The molecular weight excluding hydrogens is 358 g/mol. The number of urea groups is 1. The number of amides is 3. The average molecular weight is 386 g/mol. The number of thioether (sulfide) groups is 1. The maximum absolute atomic E-state index is 12.1. The third kappa shape index (κ3) is 6.98. The number of anilines is 1. The molecule has 27 heavy (non-hydrogen) atoms. The van der Waals surface area contributed by atoms with Crippen LogP contribution in [0.2, 0.25) is 0 Å². The van der Waals surface area contributed by atoms with Crippen molar-refractivity contribution in [1.82, 2.24) is 10.6 Å². The van der Waals surface area contributed by atoms with Gasteiger partial charge < -0.3 is 16.0 Å². The molecule has 2 aromatic carbocycles. The third-order valence-electron chi connectivity index (χ3n) is 4.19. The first-order valence-corrected chi connectivity index (χ1v) is 9.95. The molecule has 0 aliphatic rings. The molecule has 3 N–H and O–H groups in total. The van der Waals surface area contributed by atoms with Gasteiger partial charge in [-0.05, 0) is 61.7 Å². The first-order chi connectivity index (χ1) is 12.8. The van der Waals surface area contributed by atoms with E-state index in [9.17, 15) is 9.59 Å². The Labute approximate surface area is 165 Å². The zero-order valence-corrected chi connectivity index (χ0v) is 17.1. The van der Waals surface area contributed by atoms with E-state index in [1.807, 2.05) is 31.2 Å². The molecule has 0 bridgehead atoms. The van der Waals surface area contributed by atoms with Crippen LogP contribution in [0.25, 0.3) is 0 Å². The Morgan fingerprint density at radius 3 is 2.56 bits per heavy atom. The standard InChI is InChI=1S/C21H27N3O2S/c1-14-8-9-20(12-15(14)2)27-11-10-22-21(26)23-16(3)18-6-5-7-19(13-18)24-17(4)25/h5-9,12-13,16H,10-11H2,1-4H3,(H,24,25)(H2,22,23,26). The molecular formula is C21H27N3O2S. The molecule has 1 unspecified atom stereocenters. The van der Waals surface area contributed by atoms with E-state index in [0.29, 0.717) is 6.54 Å². The van der Waals surface area contributed by atoms with Crippen molar-refractivity contribution in [3.05, 3.63) is 59.2 Å². The van der Waals surface area contributed by atoms with Gasteiger partial charge >= 0.3 is 6.03 Å². The van der Waals surface area contributed by atoms with Crippen LogP contribution >= 0.6 is 11.8 Å². The highest BCUT2D eigenvalue weighted by Gasteiger charge is 2.10. The Balaban J connectivity index is 1.76. The fourth-order valence-corrected chi connectivity index (χ4v) is 3.42. The predicted octanol–water partition coefficient (Wildman–Crippen LogP) is 4.41. The second-order valence-corrected chi connectivity index (χ2v) is 7.69. The molecule has 3 amide bonds. The van der Waals surface area contributed by atoms with E-state index in [4.69, 9.17) is 0 Å². The van der Waals surface area contributed by atoms with Crippen LogP contribution in [0, 0.1) is 13.8 Å². The first kappa shape index (κ1) is 20.8. The van der Waals surface area contributed by atoms with Crippen LogP contribution in [0.3, 0.4) is 0 Å². The Hall–Kier alpha value is -2.47. The predicted molar refractivity (Wildman–Crippen MR) is 112 cm³/mol. The van der Waals surface area contributed by atoms with Gasteiger partial charge in [0, 0.05) is 29.8 Å². The summed E-state index contributed by atoms with van der Waals surface area (Å²) in [6.45, 7) is 8.17. The second kappa shape index (κ2) is 10.0. The SMILES string of the molecule is CC(=O)Nc1cccc(C(C)NC(=O)NCCSc2ccc(C)c(C)c2)c1. The maximum Gasteiger partial charge on any atom is 0.315 e. The fourth-order valence-electron chi connectivity index (χ4n) is 2.56. The maximum atomic E-state index is 12.1. The topological polar surface area (TPSA) is 70.2 Å². The summed E-state index contributed by atoms with van der Waals surface area (Å²) in [4.78, 5) is 24.5. The molecule has 0 saturated heterocycles. The Bertz CT molecular complexity index is 808. The quantitative estimate of drug-likeness (QED) is 0.488. The Kier molecular flexibility index (Phi) is 7.73. The number of rotatable bonds is 7. The molecule has 6 heteroatoms. The molecule has 2 rings (SSSR count). The lowest BCUT2D eigenvalue weighted by Gasteiger charge is -2.16. The minimum Gasteiger partial charge on any atom is -0.337 e. The molecule has 0 spiro atoms. The number of aryl methyl sites for hydroxylation is 2. The van der Waals surface area contributed by atoms with Gasteiger partial charge in [0.05, 0.1) is 6.04 Å². The highest BCUT2D eigenvalue weighted by atomic mass is 32.2. The molecule has 0 aliphatic carbocycles. The normalized spacial score (nSPS) is 11.6. The van der Waals surface area contributed by atoms with E-state index in [1.165, 1.54) is 22.9 Å². The highest BCUT2D eigenvalue weighted by Crippen LogP contribution is 2.20. The van der Waals surface area contributed by atoms with Crippen LogP contribution in [0.15, 0.2) is 47.4 Å². The molecule has 2 aromatic rings. The molecule has 0 heterocycles. The molecule has 0 aliphatic heterocycles. The van der Waals surface area contributed by atoms with E-state index < -0.39 is 0 Å². The van der Waals surface area contributed by atoms with Crippen molar-refractivity contribution in [2.75, 3.05) is 17.6 Å². The van der Waals surface area contributed by atoms with E-state index in [0.717, 1.165) is 17.0 Å². The number of nitrogens with one attached hydrogen (secondary N) is 3. The minimum atomic E-state index is -0.201. The van der Waals surface area contributed by atoms with Gasteiger partial charge in [-0.3, -0.25) is 4.79 Å². The summed E-state index contributed by atoms with van der Waals surface area (Å²) in [7, 11) is 0. The number of hydrogen-bond acceptors (Lipinski definition) is 3. The smallest absolute Gasteiger partial charge is 0.315 e. The van der Waals surface area contributed by atoms with Crippen molar-refractivity contribution in [2.45, 2.75) is 38.6 Å². The van der Waals surface area contributed by atoms with Gasteiger partial charge in [-0.15, -0.1) is 11.8 Å². The summed E-state index contributed by atoms with van der Waals surface area (Å²) in [5.41, 5.74) is 4.22. The van der Waals surface area contributed by atoms with Gasteiger partial charge in [-0.2, -0.15) is 0 Å². The number of hydrogen-bond donors (Lipinski definition) is 3. The zero-order chi connectivity index (χ0) is 19.8. The third-order valence-corrected chi connectivity index (χ3v) is 5.18. The summed E-state index contributed by atoms with van der Waals surface area (Å²) < 4.78 is 0. The van der Waals surface area contributed by atoms with Gasteiger partial charge in [0.25, 0.3) is 0 Å². The van der Waals surface area contributed by atoms with Crippen LogP contribution in [0.4, 0.5) is 10.5 Å². The summed E-state index contributed by atoms with van der Waals surface area (Å²) >= 11 is 1.73. The molecule has 1 atom stereocenters. The lowest BCUT2D eigenvalue weighted by Crippen LogP contribution is -2.38. The van der Waals surface area contributed by atoms with Crippen LogP contribution < -0.4 is 16.0 Å². The van der Waals surface area contributed by atoms with Crippen LogP contribution in [-0.2, 0) is 4.79 Å². The zero-order valence-electron chi connectivity index (χ0n) is 16.3. The summed E-state index contributed by atoms with van der Waals surface area (Å²) in [5.74, 6) is 0.689. The average Bonchev–Trinajstić information content (AvgIpc) is 2.61. The largest absolute Gasteiger partial charge is 0.337 e. The van der Waals surface area contributed by atoms with E-state index in [2.05, 4.69) is 48.0 Å². The second-order valence-electron chi connectivity index (χ2n) is 6.52. The van der Waals surface area contributed by atoms with E-state index in [1.54, 1.807) is 11.8 Å². The lowest BCUT2D eigenvalue weighted by atomic mass is 10.1. The molecule has 0 radical (unpaired) electrons. The first-order valence-electron chi connectivity index (χ1n) is 8.97. The van der Waals surface area contributed by atoms with Crippen molar-refractivity contribution in [3.63, 3.8) is 0 Å². The van der Waals surface area contributed by atoms with Gasteiger partial charge in [-0.1, -0.05) is 18.2 Å². The fraction of sp³-hybridized carbons (Fsp3) is 0.333. The van der Waals surface area contributed by atoms with E-state index in [-0.39, 0.29) is 18.0 Å². The molecule has 144 valence electrons.